The Balaban J connectivity index is 1.69. The molecule has 146 valence electrons. The van der Waals surface area contributed by atoms with Gasteiger partial charge in [0.05, 0.1) is 5.92 Å². The van der Waals surface area contributed by atoms with Gasteiger partial charge < -0.3 is 20.2 Å². The van der Waals surface area contributed by atoms with E-state index in [2.05, 4.69) is 5.32 Å². The van der Waals surface area contributed by atoms with E-state index < -0.39 is 11.9 Å². The number of aryl methyl sites for hydroxylation is 1. The maximum Gasteiger partial charge on any atom is 0.321 e. The Morgan fingerprint density at radius 2 is 1.74 bits per heavy atom. The van der Waals surface area contributed by atoms with Gasteiger partial charge in [-0.3, -0.25) is 9.59 Å². The predicted molar refractivity (Wildman–Crippen MR) is 102 cm³/mol. The molecule has 2 fully saturated rings. The minimum atomic E-state index is -0.864. The van der Waals surface area contributed by atoms with Gasteiger partial charge >= 0.3 is 12.0 Å². The first-order valence-corrected chi connectivity index (χ1v) is 9.64. The summed E-state index contributed by atoms with van der Waals surface area (Å²) in [6.07, 6.45) is 4.49. The molecule has 1 atom stereocenters. The highest BCUT2D eigenvalue weighted by atomic mass is 16.4. The molecular formula is C20H27N3O4. The summed E-state index contributed by atoms with van der Waals surface area (Å²) in [5.74, 6) is -1.37. The first kappa shape index (κ1) is 19.2. The van der Waals surface area contributed by atoms with E-state index in [9.17, 15) is 19.5 Å². The lowest BCUT2D eigenvalue weighted by Crippen LogP contribution is -2.44. The van der Waals surface area contributed by atoms with Gasteiger partial charge in [0.25, 0.3) is 5.91 Å². The van der Waals surface area contributed by atoms with E-state index in [1.807, 2.05) is 17.9 Å². The minimum absolute atomic E-state index is 0.00668. The number of amides is 3. The van der Waals surface area contributed by atoms with Crippen molar-refractivity contribution in [3.8, 4) is 0 Å². The number of likely N-dealkylation sites (tertiary alicyclic amines) is 2. The number of anilines is 1. The molecule has 7 heteroatoms. The number of rotatable bonds is 3. The zero-order valence-corrected chi connectivity index (χ0v) is 15.7. The van der Waals surface area contributed by atoms with Crippen molar-refractivity contribution in [1.82, 2.24) is 9.80 Å². The Hall–Kier alpha value is -2.57. The summed E-state index contributed by atoms with van der Waals surface area (Å²) < 4.78 is 0. The molecule has 27 heavy (non-hydrogen) atoms. The third-order valence-corrected chi connectivity index (χ3v) is 5.42. The molecule has 0 aliphatic carbocycles. The summed E-state index contributed by atoms with van der Waals surface area (Å²) in [5.41, 5.74) is 2.05. The SMILES string of the molecule is Cc1ccc(NC(=O)N2CCCC(C(=O)O)C2)cc1C(=O)N1CCCCC1. The van der Waals surface area contributed by atoms with E-state index in [1.165, 1.54) is 4.90 Å². The molecule has 2 heterocycles. The fourth-order valence-corrected chi connectivity index (χ4v) is 3.76. The average molecular weight is 373 g/mol. The fourth-order valence-electron chi connectivity index (χ4n) is 3.76. The molecule has 0 aromatic heterocycles. The van der Waals surface area contributed by atoms with E-state index in [4.69, 9.17) is 0 Å². The van der Waals surface area contributed by atoms with Crippen LogP contribution in [0.2, 0.25) is 0 Å². The van der Waals surface area contributed by atoms with Gasteiger partial charge in [0.1, 0.15) is 0 Å². The van der Waals surface area contributed by atoms with Crippen LogP contribution in [0.1, 0.15) is 48.0 Å². The third-order valence-electron chi connectivity index (χ3n) is 5.42. The maximum atomic E-state index is 12.8. The van der Waals surface area contributed by atoms with Crippen molar-refractivity contribution in [1.29, 1.82) is 0 Å². The van der Waals surface area contributed by atoms with Crippen molar-refractivity contribution in [3.05, 3.63) is 29.3 Å². The standard InChI is InChI=1S/C20H27N3O4/c1-14-7-8-16(12-17(14)18(24)22-9-3-2-4-10-22)21-20(27)23-11-5-6-15(13-23)19(25)26/h7-8,12,15H,2-6,9-11,13H2,1H3,(H,21,27)(H,25,26). The maximum absolute atomic E-state index is 12.8. The van der Waals surface area contributed by atoms with Gasteiger partial charge in [-0.1, -0.05) is 6.07 Å². The highest BCUT2D eigenvalue weighted by Crippen LogP contribution is 2.21. The zero-order chi connectivity index (χ0) is 19.4. The summed E-state index contributed by atoms with van der Waals surface area (Å²) in [6.45, 7) is 4.21. The number of piperidine rings is 2. The van der Waals surface area contributed by atoms with Gasteiger partial charge in [-0.05, 0) is 56.7 Å². The van der Waals surface area contributed by atoms with Crippen LogP contribution in [-0.4, -0.2) is 59.0 Å². The Labute approximate surface area is 159 Å². The molecule has 2 N–H and O–H groups in total. The van der Waals surface area contributed by atoms with Crippen LogP contribution < -0.4 is 5.32 Å². The number of benzene rings is 1. The molecule has 7 nitrogen and oxygen atoms in total. The van der Waals surface area contributed by atoms with Crippen molar-refractivity contribution in [2.45, 2.75) is 39.0 Å². The van der Waals surface area contributed by atoms with Crippen LogP contribution in [0.5, 0.6) is 0 Å². The largest absolute Gasteiger partial charge is 0.481 e. The summed E-state index contributed by atoms with van der Waals surface area (Å²) in [4.78, 5) is 39.9. The number of nitrogens with zero attached hydrogens (tertiary/aromatic N) is 2. The Morgan fingerprint density at radius 3 is 2.44 bits per heavy atom. The summed E-state index contributed by atoms with van der Waals surface area (Å²) in [7, 11) is 0. The number of hydrogen-bond acceptors (Lipinski definition) is 3. The molecule has 2 aliphatic heterocycles. The second-order valence-corrected chi connectivity index (χ2v) is 7.44. The summed E-state index contributed by atoms with van der Waals surface area (Å²) in [6, 6.07) is 5.02. The molecular weight excluding hydrogens is 346 g/mol. The molecule has 2 saturated heterocycles. The van der Waals surface area contributed by atoms with Crippen molar-refractivity contribution in [2.24, 2.45) is 5.92 Å². The summed E-state index contributed by atoms with van der Waals surface area (Å²) in [5, 5.41) is 12.0. The van der Waals surface area contributed by atoms with Gasteiger partial charge in [-0.25, -0.2) is 4.79 Å². The topological polar surface area (TPSA) is 90.0 Å². The lowest BCUT2D eigenvalue weighted by molar-refractivity contribution is -0.143. The number of nitrogens with one attached hydrogen (secondary N) is 1. The van der Waals surface area contributed by atoms with Crippen LogP contribution in [0.4, 0.5) is 10.5 Å². The molecule has 1 unspecified atom stereocenters. The van der Waals surface area contributed by atoms with E-state index in [-0.39, 0.29) is 18.5 Å². The van der Waals surface area contributed by atoms with Crippen LogP contribution in [-0.2, 0) is 4.79 Å². The van der Waals surface area contributed by atoms with Crippen LogP contribution in [0, 0.1) is 12.8 Å². The molecule has 3 amide bonds. The number of aliphatic carboxylic acids is 1. The molecule has 2 aliphatic rings. The van der Waals surface area contributed by atoms with Gasteiger partial charge in [-0.15, -0.1) is 0 Å². The van der Waals surface area contributed by atoms with Gasteiger partial charge in [0.2, 0.25) is 0 Å². The average Bonchev–Trinajstić information content (AvgIpc) is 2.69. The lowest BCUT2D eigenvalue weighted by Gasteiger charge is -2.31. The first-order chi connectivity index (χ1) is 13.0. The van der Waals surface area contributed by atoms with Crippen molar-refractivity contribution in [3.63, 3.8) is 0 Å². The monoisotopic (exact) mass is 373 g/mol. The van der Waals surface area contributed by atoms with Crippen molar-refractivity contribution < 1.29 is 19.5 Å². The number of carbonyl (C=O) groups is 3. The molecule has 1 aromatic carbocycles. The predicted octanol–water partition coefficient (Wildman–Crippen LogP) is 2.95. The fraction of sp³-hybridized carbons (Fsp3) is 0.550. The number of carboxylic acid groups (broad SMARTS) is 1. The third kappa shape index (κ3) is 4.59. The molecule has 0 radical (unpaired) electrons. The second kappa shape index (κ2) is 8.41. The molecule has 0 bridgehead atoms. The van der Waals surface area contributed by atoms with E-state index in [1.54, 1.807) is 12.1 Å². The first-order valence-electron chi connectivity index (χ1n) is 9.64. The van der Waals surface area contributed by atoms with Gasteiger partial charge in [0.15, 0.2) is 0 Å². The molecule has 3 rings (SSSR count). The van der Waals surface area contributed by atoms with Gasteiger partial charge in [0, 0.05) is 37.4 Å². The minimum Gasteiger partial charge on any atom is -0.481 e. The zero-order valence-electron chi connectivity index (χ0n) is 15.7. The lowest BCUT2D eigenvalue weighted by atomic mass is 9.99. The number of urea groups is 1. The summed E-state index contributed by atoms with van der Waals surface area (Å²) >= 11 is 0. The van der Waals surface area contributed by atoms with Crippen LogP contribution >= 0.6 is 0 Å². The number of carboxylic acids is 1. The Morgan fingerprint density at radius 1 is 1.04 bits per heavy atom. The van der Waals surface area contributed by atoms with E-state index in [0.29, 0.717) is 30.6 Å². The highest BCUT2D eigenvalue weighted by molar-refractivity contribution is 5.98. The Kier molecular flexibility index (Phi) is 5.98. The smallest absolute Gasteiger partial charge is 0.321 e. The van der Waals surface area contributed by atoms with Crippen LogP contribution in [0.15, 0.2) is 18.2 Å². The van der Waals surface area contributed by atoms with Crippen molar-refractivity contribution in [2.75, 3.05) is 31.5 Å². The van der Waals surface area contributed by atoms with E-state index >= 15 is 0 Å². The Bertz CT molecular complexity index is 728. The normalized spacial score (nSPS) is 20.3. The van der Waals surface area contributed by atoms with Crippen LogP contribution in [0.3, 0.4) is 0 Å². The molecule has 0 saturated carbocycles. The molecule has 0 spiro atoms. The number of hydrogen-bond donors (Lipinski definition) is 2. The van der Waals surface area contributed by atoms with Crippen molar-refractivity contribution >= 4 is 23.6 Å². The molecule has 1 aromatic rings. The number of carbonyl (C=O) groups excluding carboxylic acids is 2. The van der Waals surface area contributed by atoms with E-state index in [0.717, 1.165) is 37.9 Å². The quantitative estimate of drug-likeness (QED) is 0.852. The highest BCUT2D eigenvalue weighted by Gasteiger charge is 2.28. The van der Waals surface area contributed by atoms with Crippen LogP contribution in [0.25, 0.3) is 0 Å². The second-order valence-electron chi connectivity index (χ2n) is 7.44. The van der Waals surface area contributed by atoms with Gasteiger partial charge in [-0.2, -0.15) is 0 Å².